The molecule has 1 unspecified atom stereocenters. The molecule has 1 aliphatic rings. The van der Waals surface area contributed by atoms with E-state index in [9.17, 15) is 0 Å². The van der Waals surface area contributed by atoms with E-state index in [1.807, 2.05) is 0 Å². The summed E-state index contributed by atoms with van der Waals surface area (Å²) in [5.74, 6) is 1.49. The molecule has 64 valence electrons. The highest BCUT2D eigenvalue weighted by Crippen LogP contribution is 2.38. The summed E-state index contributed by atoms with van der Waals surface area (Å²) in [5, 5.41) is 0. The zero-order valence-electron chi connectivity index (χ0n) is 8.09. The van der Waals surface area contributed by atoms with E-state index in [4.69, 9.17) is 0 Å². The van der Waals surface area contributed by atoms with Crippen LogP contribution in [0.2, 0.25) is 0 Å². The summed E-state index contributed by atoms with van der Waals surface area (Å²) in [6.45, 7) is 6.86. The van der Waals surface area contributed by atoms with E-state index < -0.39 is 0 Å². The molecule has 0 spiro atoms. The molecule has 1 aliphatic carbocycles. The third-order valence-electron chi connectivity index (χ3n) is 2.91. The van der Waals surface area contributed by atoms with Crippen molar-refractivity contribution in [3.05, 3.63) is 34.9 Å². The molecule has 1 aromatic rings. The van der Waals surface area contributed by atoms with Crippen LogP contribution in [-0.4, -0.2) is 0 Å². The van der Waals surface area contributed by atoms with Crippen LogP contribution < -0.4 is 0 Å². The first-order valence-electron chi connectivity index (χ1n) is 4.82. The van der Waals surface area contributed by atoms with E-state index >= 15 is 0 Å². The van der Waals surface area contributed by atoms with Crippen LogP contribution in [0.5, 0.6) is 0 Å². The summed E-state index contributed by atoms with van der Waals surface area (Å²) in [5.41, 5.74) is 4.77. The Labute approximate surface area is 74.6 Å². The lowest BCUT2D eigenvalue weighted by Crippen LogP contribution is -2.16. The van der Waals surface area contributed by atoms with Gasteiger partial charge in [0.1, 0.15) is 0 Å². The first kappa shape index (κ1) is 7.85. The second kappa shape index (κ2) is 2.62. The lowest BCUT2D eigenvalue weighted by molar-refractivity contribution is 0.646. The zero-order valence-corrected chi connectivity index (χ0v) is 8.09. The summed E-state index contributed by atoms with van der Waals surface area (Å²) >= 11 is 0. The van der Waals surface area contributed by atoms with Gasteiger partial charge in [-0.15, -0.1) is 0 Å². The first-order chi connectivity index (χ1) is 5.70. The predicted molar refractivity (Wildman–Crippen MR) is 52.7 cm³/mol. The fourth-order valence-electron chi connectivity index (χ4n) is 2.15. The minimum absolute atomic E-state index is 0.687. The molecule has 12 heavy (non-hydrogen) atoms. The maximum atomic E-state index is 2.31. The van der Waals surface area contributed by atoms with Crippen molar-refractivity contribution < 1.29 is 0 Å². The van der Waals surface area contributed by atoms with Gasteiger partial charge in [0.05, 0.1) is 0 Å². The van der Waals surface area contributed by atoms with Gasteiger partial charge in [0, 0.05) is 0 Å². The molecule has 0 nitrogen and oxygen atoms in total. The second-order valence-corrected chi connectivity index (χ2v) is 4.17. The van der Waals surface area contributed by atoms with Crippen molar-refractivity contribution in [2.45, 2.75) is 39.0 Å². The average molecular weight is 160 g/mol. The van der Waals surface area contributed by atoms with Gasteiger partial charge in [0.2, 0.25) is 0 Å². The summed E-state index contributed by atoms with van der Waals surface area (Å²) in [4.78, 5) is 0. The molecular formula is C12H16. The Hall–Kier alpha value is -0.780. The molecule has 0 amide bonds. The molecule has 0 N–H and O–H groups in total. The predicted octanol–water partition coefficient (Wildman–Crippen LogP) is 3.47. The lowest BCUT2D eigenvalue weighted by atomic mass is 9.74. The third-order valence-corrected chi connectivity index (χ3v) is 2.91. The van der Waals surface area contributed by atoms with Gasteiger partial charge >= 0.3 is 0 Å². The van der Waals surface area contributed by atoms with E-state index in [1.54, 1.807) is 16.7 Å². The number of rotatable bonds is 1. The number of hydrogen-bond acceptors (Lipinski definition) is 0. The molecule has 1 atom stereocenters. The van der Waals surface area contributed by atoms with E-state index in [-0.39, 0.29) is 0 Å². The van der Waals surface area contributed by atoms with E-state index in [1.165, 1.54) is 6.42 Å². The average Bonchev–Trinajstić information content (AvgIpc) is 2.02. The van der Waals surface area contributed by atoms with E-state index in [0.29, 0.717) is 5.92 Å². The fraction of sp³-hybridized carbons (Fsp3) is 0.500. The Morgan fingerprint density at radius 1 is 1.33 bits per heavy atom. The highest BCUT2D eigenvalue weighted by atomic mass is 14.3. The van der Waals surface area contributed by atoms with Gasteiger partial charge < -0.3 is 0 Å². The molecular weight excluding hydrogens is 144 g/mol. The SMILES string of the molecule is CC(C)c1cccc2c1CC2C. The van der Waals surface area contributed by atoms with Crippen LogP contribution in [-0.2, 0) is 6.42 Å². The van der Waals surface area contributed by atoms with Crippen molar-refractivity contribution in [2.24, 2.45) is 0 Å². The minimum atomic E-state index is 0.687. The topological polar surface area (TPSA) is 0 Å². The number of fused-ring (bicyclic) bond motifs is 1. The largest absolute Gasteiger partial charge is 0.0617 e. The van der Waals surface area contributed by atoms with Crippen molar-refractivity contribution in [3.8, 4) is 0 Å². The molecule has 0 aliphatic heterocycles. The summed E-state index contributed by atoms with van der Waals surface area (Å²) < 4.78 is 0. The number of benzene rings is 1. The van der Waals surface area contributed by atoms with Crippen molar-refractivity contribution in [3.63, 3.8) is 0 Å². The quantitative estimate of drug-likeness (QED) is 0.590. The molecule has 0 heteroatoms. The van der Waals surface area contributed by atoms with Crippen LogP contribution in [0.3, 0.4) is 0 Å². The summed E-state index contributed by atoms with van der Waals surface area (Å²) in [6.07, 6.45) is 1.30. The molecule has 1 aromatic carbocycles. The first-order valence-corrected chi connectivity index (χ1v) is 4.82. The van der Waals surface area contributed by atoms with Gasteiger partial charge in [-0.1, -0.05) is 39.0 Å². The number of hydrogen-bond donors (Lipinski definition) is 0. The van der Waals surface area contributed by atoms with Crippen LogP contribution in [0.1, 0.15) is 49.3 Å². The van der Waals surface area contributed by atoms with Crippen LogP contribution in [0.4, 0.5) is 0 Å². The molecule has 0 heterocycles. The van der Waals surface area contributed by atoms with Crippen LogP contribution in [0, 0.1) is 0 Å². The van der Waals surface area contributed by atoms with Gasteiger partial charge in [-0.2, -0.15) is 0 Å². The molecule has 0 saturated heterocycles. The molecule has 2 rings (SSSR count). The monoisotopic (exact) mass is 160 g/mol. The standard InChI is InChI=1S/C12H16/c1-8(2)10-5-4-6-11-9(3)7-12(10)11/h4-6,8-9H,7H2,1-3H3. The Morgan fingerprint density at radius 2 is 2.08 bits per heavy atom. The van der Waals surface area contributed by atoms with E-state index in [2.05, 4.69) is 39.0 Å². The third kappa shape index (κ3) is 0.979. The van der Waals surface area contributed by atoms with Crippen molar-refractivity contribution in [1.29, 1.82) is 0 Å². The van der Waals surface area contributed by atoms with Crippen LogP contribution >= 0.6 is 0 Å². The maximum absolute atomic E-state index is 2.31. The van der Waals surface area contributed by atoms with E-state index in [0.717, 1.165) is 5.92 Å². The molecule has 0 bridgehead atoms. The molecule has 0 aromatic heterocycles. The normalized spacial score (nSPS) is 20.5. The van der Waals surface area contributed by atoms with Crippen LogP contribution in [0.25, 0.3) is 0 Å². The van der Waals surface area contributed by atoms with Crippen molar-refractivity contribution in [2.75, 3.05) is 0 Å². The van der Waals surface area contributed by atoms with Gasteiger partial charge in [0.25, 0.3) is 0 Å². The highest BCUT2D eigenvalue weighted by Gasteiger charge is 2.24. The van der Waals surface area contributed by atoms with Gasteiger partial charge in [-0.3, -0.25) is 0 Å². The Bertz CT molecular complexity index is 297. The molecule has 0 radical (unpaired) electrons. The Kier molecular flexibility index (Phi) is 1.71. The van der Waals surface area contributed by atoms with Crippen molar-refractivity contribution in [1.82, 2.24) is 0 Å². The maximum Gasteiger partial charge on any atom is -0.0147 e. The van der Waals surface area contributed by atoms with Crippen LogP contribution in [0.15, 0.2) is 18.2 Å². The van der Waals surface area contributed by atoms with Gasteiger partial charge in [-0.25, -0.2) is 0 Å². The van der Waals surface area contributed by atoms with Gasteiger partial charge in [-0.05, 0) is 34.9 Å². The zero-order chi connectivity index (χ0) is 8.72. The second-order valence-electron chi connectivity index (χ2n) is 4.17. The molecule has 0 fully saturated rings. The molecule has 0 saturated carbocycles. The van der Waals surface area contributed by atoms with Crippen molar-refractivity contribution >= 4 is 0 Å². The Morgan fingerprint density at radius 3 is 2.67 bits per heavy atom. The smallest absolute Gasteiger partial charge is 0.0147 e. The minimum Gasteiger partial charge on any atom is -0.0617 e. The summed E-state index contributed by atoms with van der Waals surface area (Å²) in [7, 11) is 0. The van der Waals surface area contributed by atoms with Gasteiger partial charge in [0.15, 0.2) is 0 Å². The highest BCUT2D eigenvalue weighted by molar-refractivity contribution is 5.46. The summed E-state index contributed by atoms with van der Waals surface area (Å²) in [6, 6.07) is 6.74. The Balaban J connectivity index is 2.46. The fourth-order valence-corrected chi connectivity index (χ4v) is 2.15. The lowest BCUT2D eigenvalue weighted by Gasteiger charge is -2.30.